The van der Waals surface area contributed by atoms with E-state index < -0.39 is 23.4 Å². The second kappa shape index (κ2) is 19.2. The number of aromatic nitrogens is 9. The van der Waals surface area contributed by atoms with Gasteiger partial charge in [0.1, 0.15) is 18.0 Å². The first-order valence-electron chi connectivity index (χ1n) is 23.6. The van der Waals surface area contributed by atoms with Crippen LogP contribution in [-0.2, 0) is 28.9 Å². The van der Waals surface area contributed by atoms with Crippen molar-refractivity contribution in [1.82, 2.24) is 51.1 Å². The Kier molecular flexibility index (Phi) is 13.2. The molecule has 15 heteroatoms. The smallest absolute Gasteiger partial charge is 0.190 e. The van der Waals surface area contributed by atoms with E-state index >= 15 is 0 Å². The number of aliphatic hydroxyl groups excluding tert-OH is 2. The molecule has 4 aliphatic carbocycles. The largest absolute Gasteiger partial charge is 0.393 e. The number of H-pyrrole nitrogens is 3. The van der Waals surface area contributed by atoms with Crippen molar-refractivity contribution in [1.29, 1.82) is 0 Å². The first kappa shape index (κ1) is 45.4. The van der Waals surface area contributed by atoms with Crippen molar-refractivity contribution in [2.45, 2.75) is 114 Å². The van der Waals surface area contributed by atoms with Gasteiger partial charge in [0.05, 0.1) is 41.3 Å². The van der Waals surface area contributed by atoms with Gasteiger partial charge in [-0.25, -0.2) is 0 Å². The molecule has 3 heterocycles. The first-order chi connectivity index (χ1) is 32.0. The summed E-state index contributed by atoms with van der Waals surface area (Å²) < 4.78 is 0. The maximum absolute atomic E-state index is 13.4. The highest BCUT2D eigenvalue weighted by atomic mass is 16.3. The average Bonchev–Trinajstić information content (AvgIpc) is 4.19. The van der Waals surface area contributed by atoms with E-state index in [0.29, 0.717) is 31.6 Å². The number of carbonyl (C=O) groups excluding carboxylic acids is 2. The summed E-state index contributed by atoms with van der Waals surface area (Å²) >= 11 is 0. The Labute approximate surface area is 385 Å². The number of hydrogen-bond donors (Lipinski definition) is 6. The Hall–Kier alpha value is -5.74. The van der Waals surface area contributed by atoms with Gasteiger partial charge in [-0.2, -0.15) is 0 Å². The van der Waals surface area contributed by atoms with E-state index in [2.05, 4.69) is 131 Å². The van der Waals surface area contributed by atoms with Gasteiger partial charge in [-0.15, -0.1) is 15.3 Å². The van der Waals surface area contributed by atoms with Crippen LogP contribution in [0, 0.1) is 34.5 Å². The molecule has 0 radical (unpaired) electrons. The number of Topliss-reactive ketones (excluding diaryl/α,β-unsaturated/α-hetero) is 2. The summed E-state index contributed by atoms with van der Waals surface area (Å²) in [7, 11) is 0. The molecule has 15 nitrogen and oxygen atoms in total. The number of nitrogens with one attached hydrogen (secondary N) is 3. The minimum atomic E-state index is -1.58. The van der Waals surface area contributed by atoms with Crippen LogP contribution in [0.2, 0.25) is 0 Å². The van der Waals surface area contributed by atoms with Gasteiger partial charge >= 0.3 is 0 Å². The third kappa shape index (κ3) is 8.69. The minimum absolute atomic E-state index is 0.0154. The first-order valence-corrected chi connectivity index (χ1v) is 23.6. The number of aromatic amines is 3. The number of fused-ring (bicyclic) bond motifs is 5. The van der Waals surface area contributed by atoms with E-state index in [0.717, 1.165) is 55.6 Å². The zero-order valence-corrected chi connectivity index (χ0v) is 37.8. The van der Waals surface area contributed by atoms with Gasteiger partial charge in [-0.3, -0.25) is 29.8 Å². The fraction of sp³-hybridized carbons (Fsp3) is 0.490. The molecular formula is C51H62N10O5. The number of benzene rings is 3. The molecular weight excluding hydrogens is 833 g/mol. The maximum Gasteiger partial charge on any atom is 0.190 e. The van der Waals surface area contributed by atoms with Crippen molar-refractivity contribution in [3.8, 4) is 0 Å². The Balaban J connectivity index is 0.000000182. The molecule has 10 rings (SSSR count). The number of carbonyl (C=O) groups is 2. The lowest BCUT2D eigenvalue weighted by Gasteiger charge is -2.60. The van der Waals surface area contributed by atoms with Crippen LogP contribution >= 0.6 is 0 Å². The molecule has 346 valence electrons. The van der Waals surface area contributed by atoms with Crippen molar-refractivity contribution < 1.29 is 24.9 Å². The van der Waals surface area contributed by atoms with Crippen LogP contribution in [0.15, 0.2) is 110 Å². The Morgan fingerprint density at radius 3 is 1.59 bits per heavy atom. The number of rotatable bonds is 14. The van der Waals surface area contributed by atoms with Crippen LogP contribution in [0.4, 0.5) is 0 Å². The highest BCUT2D eigenvalue weighted by Gasteiger charge is 2.68. The second-order valence-corrected chi connectivity index (χ2v) is 19.8. The van der Waals surface area contributed by atoms with E-state index in [4.69, 9.17) is 0 Å². The minimum Gasteiger partial charge on any atom is -0.393 e. The normalized spacial score (nSPS) is 29.4. The third-order valence-corrected chi connectivity index (χ3v) is 16.3. The summed E-state index contributed by atoms with van der Waals surface area (Å²) in [6, 6.07) is 30.9. The molecule has 3 aromatic heterocycles. The van der Waals surface area contributed by atoms with Crippen molar-refractivity contribution in [2.24, 2.45) is 34.5 Å². The Morgan fingerprint density at radius 1 is 0.697 bits per heavy atom. The molecule has 0 saturated heterocycles. The molecule has 6 N–H and O–H groups in total. The molecule has 11 atom stereocenters. The molecule has 3 aromatic carbocycles. The van der Waals surface area contributed by atoms with Gasteiger partial charge in [0.2, 0.25) is 0 Å². The number of hydrogen-bond acceptors (Lipinski definition) is 12. The van der Waals surface area contributed by atoms with Crippen molar-refractivity contribution in [3.63, 3.8) is 0 Å². The summed E-state index contributed by atoms with van der Waals surface area (Å²) in [6.45, 7) is 3.46. The van der Waals surface area contributed by atoms with Crippen LogP contribution in [0.1, 0.15) is 117 Å². The van der Waals surface area contributed by atoms with E-state index in [-0.39, 0.29) is 59.6 Å². The monoisotopic (exact) mass is 894 g/mol. The molecule has 66 heavy (non-hydrogen) atoms. The average molecular weight is 895 g/mol. The van der Waals surface area contributed by atoms with Crippen LogP contribution in [0.5, 0.6) is 0 Å². The number of ketones is 2. The summed E-state index contributed by atoms with van der Waals surface area (Å²) in [4.78, 5) is 28.2. The standard InChI is InChI=1S/C30H30N10.C21H32O5/c1-4-10-22(11-5-1)16-28(25-19-31-37-34-25)40(29(26-20-32-38-35-26)17-23-12-6-2-7-13-23)30(27-21-33-39-36-27)18-24-14-8-3-9-15-24;1-19-7-5-13(23)9-12(19)3-4-14-15-6-8-21(26,17(25)11-22)20(15,2)10-16(24)18(14)19/h1-15,19-21,28-30H,16-18H2,(H,31,34,37)(H,32,35,38)(H,33,36,39);12-15,18,22-23,26H,3-11H2,1-2H3/t;12-,13-,14+,15+,18-,19+,20+,21+/m.1/s1. The lowest BCUT2D eigenvalue weighted by molar-refractivity contribution is -0.180. The fourth-order valence-electron chi connectivity index (χ4n) is 13.0. The molecule has 0 amide bonds. The molecule has 4 fully saturated rings. The SMILES string of the molecule is C[C@]12CC[C@@H](O)C[C@H]1CC[C@@H]1[C@@H]2C(=O)C[C@@]2(C)[C@H]1CC[C@]2(O)C(=O)CO.c1ccc(CC(c2c[nH]nn2)N(C(Cc2ccccc2)c2c[nH]nn2)C(Cc2ccccc2)c2c[nH]nn2)cc1. The van der Waals surface area contributed by atoms with Crippen LogP contribution < -0.4 is 0 Å². The molecule has 0 aliphatic heterocycles. The summed E-state index contributed by atoms with van der Waals surface area (Å²) in [5.74, 6) is 0.380. The Morgan fingerprint density at radius 2 is 1.17 bits per heavy atom. The van der Waals surface area contributed by atoms with Crippen molar-refractivity contribution >= 4 is 11.6 Å². The van der Waals surface area contributed by atoms with Crippen LogP contribution in [-0.4, -0.2) is 96.3 Å². The van der Waals surface area contributed by atoms with Gasteiger partial charge in [0.25, 0.3) is 0 Å². The highest BCUT2D eigenvalue weighted by Crippen LogP contribution is 2.67. The van der Waals surface area contributed by atoms with E-state index in [9.17, 15) is 24.9 Å². The Bertz CT molecular complexity index is 2290. The quantitative estimate of drug-likeness (QED) is 0.0694. The lowest BCUT2D eigenvalue weighted by atomic mass is 9.44. The highest BCUT2D eigenvalue weighted by molar-refractivity contribution is 5.92. The van der Waals surface area contributed by atoms with Crippen molar-refractivity contribution in [3.05, 3.63) is 143 Å². The molecule has 0 bridgehead atoms. The second-order valence-electron chi connectivity index (χ2n) is 19.8. The topological polar surface area (TPSA) is 223 Å². The molecule has 0 spiro atoms. The maximum atomic E-state index is 13.4. The predicted molar refractivity (Wildman–Crippen MR) is 245 cm³/mol. The van der Waals surface area contributed by atoms with Crippen LogP contribution in [0.25, 0.3) is 0 Å². The zero-order valence-electron chi connectivity index (χ0n) is 37.8. The molecule has 4 saturated carbocycles. The summed E-state index contributed by atoms with van der Waals surface area (Å²) in [5.41, 5.74) is 3.69. The number of aliphatic hydroxyl groups is 3. The zero-order chi connectivity index (χ0) is 45.9. The third-order valence-electron chi connectivity index (χ3n) is 16.3. The molecule has 3 unspecified atom stereocenters. The van der Waals surface area contributed by atoms with E-state index in [1.807, 2.05) is 43.7 Å². The molecule has 6 aromatic rings. The fourth-order valence-corrected chi connectivity index (χ4v) is 13.0. The summed E-state index contributed by atoms with van der Waals surface area (Å²) in [5, 5.41) is 65.4. The van der Waals surface area contributed by atoms with Crippen molar-refractivity contribution in [2.75, 3.05) is 6.61 Å². The van der Waals surface area contributed by atoms with E-state index in [1.54, 1.807) is 0 Å². The lowest BCUT2D eigenvalue weighted by Crippen LogP contribution is -2.62. The number of nitrogens with zero attached hydrogens (tertiary/aromatic N) is 7. The van der Waals surface area contributed by atoms with Gasteiger partial charge in [0.15, 0.2) is 5.78 Å². The van der Waals surface area contributed by atoms with Gasteiger partial charge < -0.3 is 15.3 Å². The van der Waals surface area contributed by atoms with Gasteiger partial charge in [-0.05, 0) is 104 Å². The predicted octanol–water partition coefficient (Wildman–Crippen LogP) is 6.46. The van der Waals surface area contributed by atoms with Crippen LogP contribution in [0.3, 0.4) is 0 Å². The summed E-state index contributed by atoms with van der Waals surface area (Å²) in [6.07, 6.45) is 13.2. The van der Waals surface area contributed by atoms with Gasteiger partial charge in [0, 0.05) is 36.3 Å². The van der Waals surface area contributed by atoms with E-state index in [1.165, 1.54) is 16.7 Å². The van der Waals surface area contributed by atoms with Gasteiger partial charge in [-0.1, -0.05) is 120 Å². The molecule has 4 aliphatic rings.